The van der Waals surface area contributed by atoms with Gasteiger partial charge in [-0.05, 0) is 36.6 Å². The topological polar surface area (TPSA) is 71.7 Å². The molecule has 0 bridgehead atoms. The van der Waals surface area contributed by atoms with Gasteiger partial charge in [0.1, 0.15) is 11.4 Å². The minimum absolute atomic E-state index is 0.110. The minimum atomic E-state index is -0.278. The van der Waals surface area contributed by atoms with E-state index in [1.807, 2.05) is 22.7 Å². The molecule has 1 fully saturated rings. The third kappa shape index (κ3) is 3.80. The molecule has 0 amide bonds. The summed E-state index contributed by atoms with van der Waals surface area (Å²) in [6.45, 7) is 0. The summed E-state index contributed by atoms with van der Waals surface area (Å²) < 4.78 is 8.45. The summed E-state index contributed by atoms with van der Waals surface area (Å²) in [5.41, 5.74) is 4.11. The maximum absolute atomic E-state index is 10.2. The molecule has 0 saturated heterocycles. The largest absolute Gasteiger partial charge is 0.497 e. The molecule has 1 aromatic carbocycles. The third-order valence-electron chi connectivity index (χ3n) is 5.59. The molecule has 4 aromatic rings. The second-order valence-corrected chi connectivity index (χ2v) is 8.70. The monoisotopic (exact) mass is 408 g/mol. The summed E-state index contributed by atoms with van der Waals surface area (Å²) in [5, 5.41) is 14.5. The van der Waals surface area contributed by atoms with Gasteiger partial charge in [-0.2, -0.15) is 0 Å². The van der Waals surface area contributed by atoms with Crippen molar-refractivity contribution in [3.8, 4) is 5.75 Å². The van der Waals surface area contributed by atoms with Crippen molar-refractivity contribution in [1.29, 1.82) is 0 Å². The van der Waals surface area contributed by atoms with Gasteiger partial charge in [-0.1, -0.05) is 30.2 Å². The number of benzene rings is 1. The van der Waals surface area contributed by atoms with Gasteiger partial charge < -0.3 is 19.6 Å². The zero-order chi connectivity index (χ0) is 19.8. The first-order chi connectivity index (χ1) is 14.2. The van der Waals surface area contributed by atoms with Crippen molar-refractivity contribution < 1.29 is 9.84 Å². The van der Waals surface area contributed by atoms with Crippen molar-refractivity contribution in [1.82, 2.24) is 14.4 Å². The van der Waals surface area contributed by atoms with Crippen LogP contribution in [0, 0.1) is 0 Å². The maximum atomic E-state index is 10.2. The summed E-state index contributed by atoms with van der Waals surface area (Å²) in [7, 11) is 1.66. The number of nitrogens with one attached hydrogen (secondary N) is 1. The SMILES string of the molecule is COc1ccn2cc(Cc3ccc4nc(NC5CCCCC5O)sc4c3)nc2c1. The van der Waals surface area contributed by atoms with E-state index >= 15 is 0 Å². The number of aliphatic hydroxyl groups is 1. The fourth-order valence-corrected chi connectivity index (χ4v) is 5.01. The zero-order valence-corrected chi connectivity index (χ0v) is 17.2. The molecule has 7 heteroatoms. The Kier molecular flexibility index (Phi) is 4.85. The maximum Gasteiger partial charge on any atom is 0.184 e. The molecule has 0 aliphatic heterocycles. The number of pyridine rings is 1. The number of fused-ring (bicyclic) bond motifs is 2. The normalized spacial score (nSPS) is 19.7. The van der Waals surface area contributed by atoms with Crippen LogP contribution < -0.4 is 10.1 Å². The number of ether oxygens (including phenoxy) is 1. The van der Waals surface area contributed by atoms with E-state index < -0.39 is 0 Å². The Morgan fingerprint density at radius 3 is 2.97 bits per heavy atom. The lowest BCUT2D eigenvalue weighted by Gasteiger charge is -2.27. The predicted octanol–water partition coefficient (Wildman–Crippen LogP) is 4.26. The van der Waals surface area contributed by atoms with Crippen LogP contribution in [0.1, 0.15) is 36.9 Å². The van der Waals surface area contributed by atoms with E-state index in [2.05, 4.69) is 29.7 Å². The van der Waals surface area contributed by atoms with Crippen molar-refractivity contribution in [2.75, 3.05) is 12.4 Å². The Labute approximate surface area is 173 Å². The molecule has 0 radical (unpaired) electrons. The van der Waals surface area contributed by atoms with Crippen LogP contribution in [0.25, 0.3) is 15.9 Å². The Morgan fingerprint density at radius 1 is 1.21 bits per heavy atom. The first-order valence-electron chi connectivity index (χ1n) is 10.0. The van der Waals surface area contributed by atoms with Crippen LogP contribution in [0.2, 0.25) is 0 Å². The second kappa shape index (κ2) is 7.65. The van der Waals surface area contributed by atoms with Crippen LogP contribution >= 0.6 is 11.3 Å². The number of hydrogen-bond donors (Lipinski definition) is 2. The molecule has 2 N–H and O–H groups in total. The van der Waals surface area contributed by atoms with E-state index in [-0.39, 0.29) is 12.1 Å². The number of methoxy groups -OCH3 is 1. The van der Waals surface area contributed by atoms with Gasteiger partial charge in [-0.3, -0.25) is 0 Å². The second-order valence-electron chi connectivity index (χ2n) is 7.66. The van der Waals surface area contributed by atoms with Gasteiger partial charge in [0, 0.05) is 24.9 Å². The van der Waals surface area contributed by atoms with Gasteiger partial charge in [-0.15, -0.1) is 0 Å². The van der Waals surface area contributed by atoms with Gasteiger partial charge >= 0.3 is 0 Å². The molecule has 6 nitrogen and oxygen atoms in total. The van der Waals surface area contributed by atoms with Crippen molar-refractivity contribution in [2.24, 2.45) is 0 Å². The first-order valence-corrected chi connectivity index (χ1v) is 10.9. The van der Waals surface area contributed by atoms with Gasteiger partial charge in [0.15, 0.2) is 5.13 Å². The number of aromatic nitrogens is 3. The fraction of sp³-hybridized carbons (Fsp3) is 0.364. The van der Waals surface area contributed by atoms with Gasteiger partial charge in [0.2, 0.25) is 0 Å². The van der Waals surface area contributed by atoms with E-state index in [1.54, 1.807) is 18.4 Å². The molecule has 150 valence electrons. The molecule has 5 rings (SSSR count). The number of hydrogen-bond acceptors (Lipinski definition) is 6. The van der Waals surface area contributed by atoms with E-state index in [0.717, 1.165) is 64.5 Å². The molecular formula is C22H24N4O2S. The Bertz CT molecular complexity index is 1150. The number of rotatable bonds is 5. The van der Waals surface area contributed by atoms with Crippen LogP contribution in [0.5, 0.6) is 5.75 Å². The molecule has 2 unspecified atom stereocenters. The summed E-state index contributed by atoms with van der Waals surface area (Å²) in [5.74, 6) is 0.809. The number of anilines is 1. The van der Waals surface area contributed by atoms with E-state index in [9.17, 15) is 5.11 Å². The lowest BCUT2D eigenvalue weighted by molar-refractivity contribution is 0.116. The van der Waals surface area contributed by atoms with Crippen molar-refractivity contribution >= 4 is 32.3 Å². The summed E-state index contributed by atoms with van der Waals surface area (Å²) >= 11 is 1.65. The van der Waals surface area contributed by atoms with Crippen LogP contribution in [-0.2, 0) is 6.42 Å². The number of aliphatic hydroxyl groups excluding tert-OH is 1. The number of nitrogens with zero attached hydrogens (tertiary/aromatic N) is 3. The predicted molar refractivity (Wildman–Crippen MR) is 116 cm³/mol. The average molecular weight is 409 g/mol. The fourth-order valence-electron chi connectivity index (χ4n) is 4.02. The molecule has 3 heterocycles. The van der Waals surface area contributed by atoms with Crippen LogP contribution in [0.15, 0.2) is 42.7 Å². The number of imidazole rings is 1. The van der Waals surface area contributed by atoms with E-state index in [0.29, 0.717) is 0 Å². The van der Waals surface area contributed by atoms with Gasteiger partial charge in [0.25, 0.3) is 0 Å². The van der Waals surface area contributed by atoms with Crippen LogP contribution in [0.3, 0.4) is 0 Å². The van der Waals surface area contributed by atoms with Gasteiger partial charge in [0.05, 0.1) is 35.2 Å². The highest BCUT2D eigenvalue weighted by Crippen LogP contribution is 2.30. The van der Waals surface area contributed by atoms with Crippen molar-refractivity contribution in [3.05, 3.63) is 54.0 Å². The Balaban J connectivity index is 1.35. The first kappa shape index (κ1) is 18.4. The highest BCUT2D eigenvalue weighted by molar-refractivity contribution is 7.22. The Morgan fingerprint density at radius 2 is 2.10 bits per heavy atom. The molecule has 1 aliphatic carbocycles. The molecule has 1 aliphatic rings. The summed E-state index contributed by atoms with van der Waals surface area (Å²) in [6.07, 6.45) is 8.66. The summed E-state index contributed by atoms with van der Waals surface area (Å²) in [6, 6.07) is 10.4. The van der Waals surface area contributed by atoms with Gasteiger partial charge in [-0.25, -0.2) is 9.97 Å². The Hall–Kier alpha value is -2.64. The lowest BCUT2D eigenvalue weighted by atomic mass is 9.93. The zero-order valence-electron chi connectivity index (χ0n) is 16.3. The van der Waals surface area contributed by atoms with Crippen molar-refractivity contribution in [3.63, 3.8) is 0 Å². The standard InChI is InChI=1S/C22H24N4O2S/c1-28-16-8-9-26-13-15(23-21(26)12-16)10-14-6-7-18-20(11-14)29-22(25-18)24-17-4-2-3-5-19(17)27/h6-9,11-13,17,19,27H,2-5,10H2,1H3,(H,24,25). The average Bonchev–Trinajstić information content (AvgIpc) is 3.31. The van der Waals surface area contributed by atoms with Crippen LogP contribution in [0.4, 0.5) is 5.13 Å². The molecule has 1 saturated carbocycles. The molecule has 29 heavy (non-hydrogen) atoms. The molecule has 3 aromatic heterocycles. The van der Waals surface area contributed by atoms with Crippen LogP contribution in [-0.4, -0.2) is 38.7 Å². The van der Waals surface area contributed by atoms with Crippen molar-refractivity contribution in [2.45, 2.75) is 44.2 Å². The number of thiazole rings is 1. The van der Waals surface area contributed by atoms with E-state index in [1.165, 1.54) is 5.56 Å². The lowest BCUT2D eigenvalue weighted by Crippen LogP contribution is -2.36. The molecular weight excluding hydrogens is 384 g/mol. The summed E-state index contributed by atoms with van der Waals surface area (Å²) in [4.78, 5) is 9.42. The highest BCUT2D eigenvalue weighted by Gasteiger charge is 2.23. The molecule has 0 spiro atoms. The molecule has 2 atom stereocenters. The quantitative estimate of drug-likeness (QED) is 0.516. The highest BCUT2D eigenvalue weighted by atomic mass is 32.1. The third-order valence-corrected chi connectivity index (χ3v) is 6.54. The smallest absolute Gasteiger partial charge is 0.184 e. The van der Waals surface area contributed by atoms with E-state index in [4.69, 9.17) is 14.7 Å². The minimum Gasteiger partial charge on any atom is -0.497 e.